The number of carbonyl (C=O) groups is 1. The third-order valence-corrected chi connectivity index (χ3v) is 4.22. The molecule has 1 aliphatic heterocycles. The van der Waals surface area contributed by atoms with Gasteiger partial charge in [-0.3, -0.25) is 4.68 Å². The Hall–Kier alpha value is -1.27. The van der Waals surface area contributed by atoms with E-state index in [-0.39, 0.29) is 6.09 Å². The van der Waals surface area contributed by atoms with Crippen LogP contribution in [-0.2, 0) is 18.3 Å². The molecule has 1 amide bonds. The molecule has 0 unspecified atom stereocenters. The van der Waals surface area contributed by atoms with Crippen LogP contribution in [-0.4, -0.2) is 46.0 Å². The topological polar surface area (TPSA) is 59.4 Å². The number of halogens is 1. The molecule has 0 radical (unpaired) electrons. The van der Waals surface area contributed by atoms with Crippen molar-refractivity contribution < 1.29 is 9.53 Å². The molecule has 0 aromatic carbocycles. The summed E-state index contributed by atoms with van der Waals surface area (Å²) in [6, 6.07) is 0. The molecule has 6 nitrogen and oxygen atoms in total. The normalized spacial score (nSPS) is 19.0. The molecule has 2 heterocycles. The Morgan fingerprint density at radius 3 is 2.87 bits per heavy atom. The molecule has 1 atom stereocenters. The van der Waals surface area contributed by atoms with E-state index < -0.39 is 5.60 Å². The molecule has 0 bridgehead atoms. The fourth-order valence-electron chi connectivity index (χ4n) is 2.75. The first-order chi connectivity index (χ1) is 10.8. The zero-order valence-electron chi connectivity index (χ0n) is 14.4. The van der Waals surface area contributed by atoms with Gasteiger partial charge in [0.15, 0.2) is 0 Å². The predicted octanol–water partition coefficient (Wildman–Crippen LogP) is 2.81. The van der Waals surface area contributed by atoms with Crippen molar-refractivity contribution in [2.45, 2.75) is 45.8 Å². The summed E-state index contributed by atoms with van der Waals surface area (Å²) in [5.41, 5.74) is 0.532. The van der Waals surface area contributed by atoms with Crippen LogP contribution in [0.4, 0.5) is 4.79 Å². The number of likely N-dealkylation sites (tertiary alicyclic amines) is 1. The number of aryl methyl sites for hydroxylation is 1. The number of hydrogen-bond donors (Lipinski definition) is 1. The molecule has 7 heteroatoms. The van der Waals surface area contributed by atoms with Crippen molar-refractivity contribution in [3.63, 3.8) is 0 Å². The molecule has 1 saturated heterocycles. The van der Waals surface area contributed by atoms with E-state index in [0.29, 0.717) is 17.5 Å². The number of nitrogens with zero attached hydrogens (tertiary/aromatic N) is 3. The maximum absolute atomic E-state index is 12.2. The highest BCUT2D eigenvalue weighted by atomic mass is 35.5. The average molecular weight is 343 g/mol. The van der Waals surface area contributed by atoms with Gasteiger partial charge in [-0.15, -0.1) is 0 Å². The minimum Gasteiger partial charge on any atom is -0.444 e. The van der Waals surface area contributed by atoms with E-state index in [1.807, 2.05) is 32.7 Å². The quantitative estimate of drug-likeness (QED) is 0.914. The number of amides is 1. The smallest absolute Gasteiger partial charge is 0.410 e. The Kier molecular flexibility index (Phi) is 5.92. The van der Waals surface area contributed by atoms with Gasteiger partial charge in [0, 0.05) is 33.2 Å². The van der Waals surface area contributed by atoms with E-state index in [0.717, 1.165) is 38.2 Å². The van der Waals surface area contributed by atoms with Crippen LogP contribution < -0.4 is 5.32 Å². The summed E-state index contributed by atoms with van der Waals surface area (Å²) in [6.45, 7) is 8.72. The number of piperidine rings is 1. The maximum Gasteiger partial charge on any atom is 0.410 e. The second-order valence-corrected chi connectivity index (χ2v) is 7.54. The van der Waals surface area contributed by atoms with Crippen molar-refractivity contribution in [2.75, 3.05) is 19.6 Å². The van der Waals surface area contributed by atoms with E-state index in [9.17, 15) is 4.79 Å². The Labute approximate surface area is 143 Å². The van der Waals surface area contributed by atoms with Gasteiger partial charge in [-0.05, 0) is 39.5 Å². The first kappa shape index (κ1) is 18.1. The highest BCUT2D eigenvalue weighted by Crippen LogP contribution is 2.19. The van der Waals surface area contributed by atoms with E-state index >= 15 is 0 Å². The van der Waals surface area contributed by atoms with E-state index in [2.05, 4.69) is 10.4 Å². The van der Waals surface area contributed by atoms with E-state index in [1.165, 1.54) is 0 Å². The number of aromatic nitrogens is 2. The molecule has 2 rings (SSSR count). The van der Waals surface area contributed by atoms with Crippen LogP contribution in [0.15, 0.2) is 6.20 Å². The van der Waals surface area contributed by atoms with Crippen LogP contribution in [0.5, 0.6) is 0 Å². The van der Waals surface area contributed by atoms with Crippen molar-refractivity contribution >= 4 is 17.7 Å². The first-order valence-electron chi connectivity index (χ1n) is 8.11. The third kappa shape index (κ3) is 5.39. The van der Waals surface area contributed by atoms with Crippen LogP contribution in [0.3, 0.4) is 0 Å². The summed E-state index contributed by atoms with van der Waals surface area (Å²) in [4.78, 5) is 14.0. The minimum atomic E-state index is -0.446. The van der Waals surface area contributed by atoms with Crippen LogP contribution in [0.25, 0.3) is 0 Å². The fraction of sp³-hybridized carbons (Fsp3) is 0.750. The van der Waals surface area contributed by atoms with Gasteiger partial charge in [0.2, 0.25) is 0 Å². The lowest BCUT2D eigenvalue weighted by molar-refractivity contribution is 0.0166. The Morgan fingerprint density at radius 1 is 1.52 bits per heavy atom. The molecular formula is C16H27ClN4O2. The van der Waals surface area contributed by atoms with Crippen LogP contribution in [0, 0.1) is 5.92 Å². The minimum absolute atomic E-state index is 0.211. The summed E-state index contributed by atoms with van der Waals surface area (Å²) in [7, 11) is 1.88. The third-order valence-electron chi connectivity index (χ3n) is 3.91. The monoisotopic (exact) mass is 342 g/mol. The molecular weight excluding hydrogens is 316 g/mol. The van der Waals surface area contributed by atoms with Gasteiger partial charge in [0.05, 0.1) is 16.9 Å². The number of rotatable bonds is 4. The first-order valence-corrected chi connectivity index (χ1v) is 8.49. The summed E-state index contributed by atoms with van der Waals surface area (Å²) in [6.07, 6.45) is 3.57. The molecule has 1 fully saturated rings. The summed E-state index contributed by atoms with van der Waals surface area (Å²) < 4.78 is 7.24. The molecule has 0 saturated carbocycles. The summed E-state index contributed by atoms with van der Waals surface area (Å²) >= 11 is 6.10. The van der Waals surface area contributed by atoms with Gasteiger partial charge in [-0.1, -0.05) is 11.6 Å². The molecule has 1 aliphatic rings. The van der Waals surface area contributed by atoms with Crippen LogP contribution >= 0.6 is 11.6 Å². The van der Waals surface area contributed by atoms with Gasteiger partial charge in [0.25, 0.3) is 0 Å². The summed E-state index contributed by atoms with van der Waals surface area (Å²) in [5.74, 6) is 0.434. The zero-order valence-corrected chi connectivity index (χ0v) is 15.2. The van der Waals surface area contributed by atoms with Crippen molar-refractivity contribution in [3.8, 4) is 0 Å². The maximum atomic E-state index is 12.2. The zero-order chi connectivity index (χ0) is 17.0. The highest BCUT2D eigenvalue weighted by Gasteiger charge is 2.27. The number of hydrogen-bond acceptors (Lipinski definition) is 4. The molecule has 1 N–H and O–H groups in total. The Bertz CT molecular complexity index is 519. The van der Waals surface area contributed by atoms with E-state index in [4.69, 9.17) is 16.3 Å². The van der Waals surface area contributed by atoms with Crippen molar-refractivity contribution in [1.82, 2.24) is 20.0 Å². The van der Waals surface area contributed by atoms with Gasteiger partial charge in [-0.25, -0.2) is 4.79 Å². The molecule has 0 aliphatic carbocycles. The lowest BCUT2D eigenvalue weighted by Crippen LogP contribution is -2.45. The fourth-order valence-corrected chi connectivity index (χ4v) is 2.99. The lowest BCUT2D eigenvalue weighted by atomic mass is 9.98. The van der Waals surface area contributed by atoms with Gasteiger partial charge >= 0.3 is 6.09 Å². The van der Waals surface area contributed by atoms with E-state index in [1.54, 1.807) is 10.9 Å². The van der Waals surface area contributed by atoms with Crippen LogP contribution in [0.2, 0.25) is 5.02 Å². The van der Waals surface area contributed by atoms with Crippen molar-refractivity contribution in [3.05, 3.63) is 16.9 Å². The largest absolute Gasteiger partial charge is 0.444 e. The Balaban J connectivity index is 1.79. The molecule has 0 spiro atoms. The molecule has 23 heavy (non-hydrogen) atoms. The van der Waals surface area contributed by atoms with Gasteiger partial charge in [0.1, 0.15) is 5.60 Å². The second kappa shape index (κ2) is 7.53. The molecule has 1 aromatic rings. The predicted molar refractivity (Wildman–Crippen MR) is 90.5 cm³/mol. The Morgan fingerprint density at radius 2 is 2.26 bits per heavy atom. The van der Waals surface area contributed by atoms with Crippen molar-refractivity contribution in [1.29, 1.82) is 0 Å². The number of carbonyl (C=O) groups excluding carboxylic acids is 1. The number of nitrogens with one attached hydrogen (secondary N) is 1. The average Bonchev–Trinajstić information content (AvgIpc) is 2.77. The summed E-state index contributed by atoms with van der Waals surface area (Å²) in [5, 5.41) is 8.23. The van der Waals surface area contributed by atoms with Gasteiger partial charge in [-0.2, -0.15) is 5.10 Å². The van der Waals surface area contributed by atoms with Gasteiger partial charge < -0.3 is 15.0 Å². The van der Waals surface area contributed by atoms with Crippen molar-refractivity contribution in [2.24, 2.45) is 13.0 Å². The molecule has 130 valence electrons. The lowest BCUT2D eigenvalue weighted by Gasteiger charge is -2.34. The SMILES string of the molecule is Cn1ncc(Cl)c1CNC[C@@H]1CCCN(C(=O)OC(C)(C)C)C1. The highest BCUT2D eigenvalue weighted by molar-refractivity contribution is 6.31. The standard InChI is InChI=1S/C16H27ClN4O2/c1-16(2,3)23-15(22)21-7-5-6-12(11-21)8-18-10-14-13(17)9-19-20(14)4/h9,12,18H,5-8,10-11H2,1-4H3/t12-/m0/s1. The number of ether oxygens (including phenoxy) is 1. The van der Waals surface area contributed by atoms with Crippen LogP contribution in [0.1, 0.15) is 39.3 Å². The second-order valence-electron chi connectivity index (χ2n) is 7.13. The molecule has 1 aromatic heterocycles.